The van der Waals surface area contributed by atoms with E-state index in [4.69, 9.17) is 16.3 Å². The van der Waals surface area contributed by atoms with E-state index in [-0.39, 0.29) is 18.5 Å². The second-order valence-corrected chi connectivity index (χ2v) is 9.67. The predicted molar refractivity (Wildman–Crippen MR) is 115 cm³/mol. The van der Waals surface area contributed by atoms with Gasteiger partial charge in [-0.05, 0) is 55.2 Å². The maximum absolute atomic E-state index is 13.0. The molecular formula is C21H25ClN2O4S. The first kappa shape index (κ1) is 21.5. The van der Waals surface area contributed by atoms with Gasteiger partial charge in [0.25, 0.3) is 5.91 Å². The Bertz CT molecular complexity index is 1040. The number of carbonyl (C=O) groups is 1. The maximum Gasteiger partial charge on any atom is 0.263 e. The van der Waals surface area contributed by atoms with Crippen LogP contribution >= 0.6 is 11.6 Å². The number of aryl methyl sites for hydroxylation is 2. The van der Waals surface area contributed by atoms with Crippen molar-refractivity contribution in [1.82, 2.24) is 5.32 Å². The molecule has 8 heteroatoms. The number of anilines is 1. The van der Waals surface area contributed by atoms with Crippen LogP contribution in [0.4, 0.5) is 5.69 Å². The Hall–Kier alpha value is -2.25. The van der Waals surface area contributed by atoms with Crippen molar-refractivity contribution in [2.24, 2.45) is 0 Å². The van der Waals surface area contributed by atoms with Crippen LogP contribution < -0.4 is 14.4 Å². The van der Waals surface area contributed by atoms with E-state index in [0.29, 0.717) is 22.9 Å². The summed E-state index contributed by atoms with van der Waals surface area (Å²) in [6, 6.07) is 10.6. The van der Waals surface area contributed by atoms with Crippen LogP contribution in [0.2, 0.25) is 5.02 Å². The number of ether oxygens (including phenoxy) is 1. The van der Waals surface area contributed by atoms with Gasteiger partial charge >= 0.3 is 0 Å². The molecule has 1 amide bonds. The van der Waals surface area contributed by atoms with Crippen LogP contribution in [0.1, 0.15) is 36.1 Å². The Balaban J connectivity index is 1.85. The van der Waals surface area contributed by atoms with Crippen molar-refractivity contribution in [3.8, 4) is 5.75 Å². The largest absolute Gasteiger partial charge is 0.476 e. The molecule has 2 aromatic carbocycles. The van der Waals surface area contributed by atoms with E-state index in [0.717, 1.165) is 17.4 Å². The molecule has 0 spiro atoms. The van der Waals surface area contributed by atoms with E-state index in [9.17, 15) is 13.2 Å². The summed E-state index contributed by atoms with van der Waals surface area (Å²) < 4.78 is 31.6. The zero-order valence-corrected chi connectivity index (χ0v) is 18.5. The van der Waals surface area contributed by atoms with Crippen molar-refractivity contribution in [2.45, 2.75) is 39.3 Å². The maximum atomic E-state index is 13.0. The number of rotatable bonds is 5. The minimum absolute atomic E-state index is 0.110. The van der Waals surface area contributed by atoms with E-state index in [1.165, 1.54) is 15.9 Å². The number of hydrogen-bond acceptors (Lipinski definition) is 4. The van der Waals surface area contributed by atoms with Gasteiger partial charge in [-0.15, -0.1) is 0 Å². The zero-order chi connectivity index (χ0) is 21.3. The lowest BCUT2D eigenvalue weighted by Gasteiger charge is -2.34. The summed E-state index contributed by atoms with van der Waals surface area (Å²) in [5.74, 6) is -0.0465. The Morgan fingerprint density at radius 3 is 2.59 bits per heavy atom. The number of benzene rings is 2. The predicted octanol–water partition coefficient (Wildman–Crippen LogP) is 3.75. The third-order valence-corrected chi connectivity index (χ3v) is 6.52. The molecule has 0 aliphatic carbocycles. The third kappa shape index (κ3) is 4.67. The second-order valence-electron chi connectivity index (χ2n) is 7.33. The van der Waals surface area contributed by atoms with E-state index >= 15 is 0 Å². The average molecular weight is 437 g/mol. The highest BCUT2D eigenvalue weighted by Gasteiger charge is 2.35. The Morgan fingerprint density at radius 2 is 1.97 bits per heavy atom. The van der Waals surface area contributed by atoms with Gasteiger partial charge < -0.3 is 10.1 Å². The first-order valence-electron chi connectivity index (χ1n) is 9.41. The summed E-state index contributed by atoms with van der Waals surface area (Å²) in [6.07, 6.45) is 0.837. The molecule has 1 heterocycles. The molecule has 2 atom stereocenters. The van der Waals surface area contributed by atoms with Gasteiger partial charge in [0.05, 0.1) is 24.5 Å². The van der Waals surface area contributed by atoms with Crippen molar-refractivity contribution in [3.63, 3.8) is 0 Å². The number of nitrogens with one attached hydrogen (secondary N) is 1. The van der Waals surface area contributed by atoms with Crippen LogP contribution in [0.15, 0.2) is 36.4 Å². The molecule has 1 aliphatic rings. The van der Waals surface area contributed by atoms with Crippen LogP contribution in [-0.4, -0.2) is 33.2 Å². The van der Waals surface area contributed by atoms with Crippen LogP contribution in [0.3, 0.4) is 0 Å². The highest BCUT2D eigenvalue weighted by molar-refractivity contribution is 7.92. The lowest BCUT2D eigenvalue weighted by atomic mass is 9.99. The van der Waals surface area contributed by atoms with E-state index < -0.39 is 16.1 Å². The molecule has 0 unspecified atom stereocenters. The highest BCUT2D eigenvalue weighted by atomic mass is 35.5. The molecule has 29 heavy (non-hydrogen) atoms. The molecule has 6 nitrogen and oxygen atoms in total. The van der Waals surface area contributed by atoms with E-state index in [2.05, 4.69) is 11.4 Å². The molecule has 0 radical (unpaired) electrons. The molecule has 1 N–H and O–H groups in total. The monoisotopic (exact) mass is 436 g/mol. The van der Waals surface area contributed by atoms with Crippen LogP contribution in [0.5, 0.6) is 5.75 Å². The first-order valence-corrected chi connectivity index (χ1v) is 11.6. The topological polar surface area (TPSA) is 75.7 Å². The molecule has 0 fully saturated rings. The van der Waals surface area contributed by atoms with Gasteiger partial charge in [0.15, 0.2) is 6.10 Å². The van der Waals surface area contributed by atoms with Gasteiger partial charge in [0.2, 0.25) is 10.0 Å². The second kappa shape index (κ2) is 8.24. The average Bonchev–Trinajstić information content (AvgIpc) is 2.66. The number of halogens is 1. The molecule has 0 bridgehead atoms. The number of sulfonamides is 1. The lowest BCUT2D eigenvalue weighted by molar-refractivity contribution is -0.128. The van der Waals surface area contributed by atoms with Gasteiger partial charge in [-0.3, -0.25) is 9.10 Å². The lowest BCUT2D eigenvalue weighted by Crippen LogP contribution is -2.51. The van der Waals surface area contributed by atoms with Crippen LogP contribution in [0.25, 0.3) is 0 Å². The minimum Gasteiger partial charge on any atom is -0.476 e. The number of amides is 1. The highest BCUT2D eigenvalue weighted by Crippen LogP contribution is 2.37. The van der Waals surface area contributed by atoms with Crippen molar-refractivity contribution >= 4 is 33.2 Å². The Morgan fingerprint density at radius 1 is 1.24 bits per heavy atom. The number of carbonyl (C=O) groups excluding carboxylic acids is 1. The normalized spacial score (nSPS) is 17.3. The van der Waals surface area contributed by atoms with E-state index in [1.54, 1.807) is 12.1 Å². The van der Waals surface area contributed by atoms with Crippen LogP contribution in [-0.2, 0) is 14.8 Å². The number of nitrogens with zero attached hydrogens (tertiary/aromatic N) is 1. The van der Waals surface area contributed by atoms with Crippen molar-refractivity contribution in [2.75, 3.05) is 17.1 Å². The summed E-state index contributed by atoms with van der Waals surface area (Å²) in [4.78, 5) is 13.0. The van der Waals surface area contributed by atoms with E-state index in [1.807, 2.05) is 32.9 Å². The SMILES string of the molecule is CC[C@@H](NC(=O)[C@@H]1CN(S(C)(=O)=O)c2cc(Cl)ccc2O1)c1ccc(C)c(C)c1. The van der Waals surface area contributed by atoms with Gasteiger partial charge in [-0.25, -0.2) is 8.42 Å². The fourth-order valence-electron chi connectivity index (χ4n) is 3.34. The van der Waals surface area contributed by atoms with Crippen molar-refractivity contribution in [1.29, 1.82) is 0 Å². The Labute approximate surface area is 176 Å². The minimum atomic E-state index is -3.60. The fraction of sp³-hybridized carbons (Fsp3) is 0.381. The quantitative estimate of drug-likeness (QED) is 0.774. The van der Waals surface area contributed by atoms with Crippen LogP contribution in [0, 0.1) is 13.8 Å². The summed E-state index contributed by atoms with van der Waals surface area (Å²) in [5.41, 5.74) is 3.68. The standard InChI is InChI=1S/C21H25ClN2O4S/c1-5-17(15-7-6-13(2)14(3)10-15)23-21(25)20-12-24(29(4,26)27)18-11-16(22)8-9-19(18)28-20/h6-11,17,20H,5,12H2,1-4H3,(H,23,25)/t17-,20+/m1/s1. The van der Waals surface area contributed by atoms with Gasteiger partial charge in [0, 0.05) is 5.02 Å². The summed E-state index contributed by atoms with van der Waals surface area (Å²) >= 11 is 6.01. The van der Waals surface area contributed by atoms with Crippen molar-refractivity contribution < 1.29 is 17.9 Å². The Kier molecular flexibility index (Phi) is 6.10. The molecule has 3 rings (SSSR count). The fourth-order valence-corrected chi connectivity index (χ4v) is 4.41. The molecular weight excluding hydrogens is 412 g/mol. The molecule has 1 aliphatic heterocycles. The molecule has 0 aromatic heterocycles. The smallest absolute Gasteiger partial charge is 0.263 e. The summed E-state index contributed by atoms with van der Waals surface area (Å²) in [6.45, 7) is 5.95. The molecule has 156 valence electrons. The van der Waals surface area contributed by atoms with Crippen molar-refractivity contribution in [3.05, 3.63) is 58.1 Å². The van der Waals surface area contributed by atoms with Gasteiger partial charge in [-0.1, -0.05) is 36.7 Å². The number of fused-ring (bicyclic) bond motifs is 1. The van der Waals surface area contributed by atoms with Gasteiger partial charge in [0.1, 0.15) is 5.75 Å². The molecule has 0 saturated heterocycles. The molecule has 2 aromatic rings. The summed E-state index contributed by atoms with van der Waals surface area (Å²) in [7, 11) is -3.60. The van der Waals surface area contributed by atoms with Gasteiger partial charge in [-0.2, -0.15) is 0 Å². The first-order chi connectivity index (χ1) is 13.6. The third-order valence-electron chi connectivity index (χ3n) is 5.14. The summed E-state index contributed by atoms with van der Waals surface area (Å²) in [5, 5.41) is 3.40. The zero-order valence-electron chi connectivity index (χ0n) is 16.9. The number of hydrogen-bond donors (Lipinski definition) is 1. The molecule has 0 saturated carbocycles.